The Morgan fingerprint density at radius 1 is 1.13 bits per heavy atom. The Balaban J connectivity index is 1.58. The number of morpholine rings is 1. The number of nitrogens with zero attached hydrogens (tertiary/aromatic N) is 2. The molecular formula is C24H33N3O3. The van der Waals surface area contributed by atoms with Gasteiger partial charge in [-0.1, -0.05) is 42.5 Å². The number of ether oxygens (including phenoxy) is 2. The van der Waals surface area contributed by atoms with Crippen LogP contribution in [0.1, 0.15) is 24.1 Å². The van der Waals surface area contributed by atoms with Gasteiger partial charge < -0.3 is 14.8 Å². The molecule has 2 aromatic rings. The Morgan fingerprint density at radius 2 is 1.80 bits per heavy atom. The Kier molecular flexibility index (Phi) is 8.25. The third-order valence-corrected chi connectivity index (χ3v) is 5.47. The van der Waals surface area contributed by atoms with Gasteiger partial charge in [-0.2, -0.15) is 0 Å². The van der Waals surface area contributed by atoms with Gasteiger partial charge in [0.15, 0.2) is 0 Å². The SMILES string of the molecule is COc1ccc(CN(C)CC(=O)N[C@@H](C)[C@@H](c2ccccc2)N2CCOCC2)cc1. The second kappa shape index (κ2) is 11.1. The summed E-state index contributed by atoms with van der Waals surface area (Å²) < 4.78 is 10.7. The van der Waals surface area contributed by atoms with Gasteiger partial charge in [-0.3, -0.25) is 14.6 Å². The average Bonchev–Trinajstić information content (AvgIpc) is 2.75. The molecule has 1 aliphatic heterocycles. The standard InChI is InChI=1S/C24H33N3O3/c1-19(24(21-7-5-4-6-8-21)27-13-15-30-16-14-27)25-23(28)18-26(2)17-20-9-11-22(29-3)12-10-20/h4-12,19,24H,13-18H2,1-3H3,(H,25,28)/t19-,24-/m0/s1. The maximum Gasteiger partial charge on any atom is 0.234 e. The number of carbonyl (C=O) groups excluding carboxylic acids is 1. The van der Waals surface area contributed by atoms with Crippen molar-refractivity contribution < 1.29 is 14.3 Å². The van der Waals surface area contributed by atoms with E-state index in [-0.39, 0.29) is 18.0 Å². The molecule has 1 fully saturated rings. The summed E-state index contributed by atoms with van der Waals surface area (Å²) in [7, 11) is 3.62. The van der Waals surface area contributed by atoms with Crippen molar-refractivity contribution in [1.29, 1.82) is 0 Å². The number of likely N-dealkylation sites (N-methyl/N-ethyl adjacent to an activating group) is 1. The van der Waals surface area contributed by atoms with E-state index in [2.05, 4.69) is 41.4 Å². The van der Waals surface area contributed by atoms with Gasteiger partial charge in [0.2, 0.25) is 5.91 Å². The van der Waals surface area contributed by atoms with E-state index in [0.717, 1.165) is 37.6 Å². The maximum absolute atomic E-state index is 12.8. The van der Waals surface area contributed by atoms with Gasteiger partial charge in [-0.05, 0) is 37.2 Å². The summed E-state index contributed by atoms with van der Waals surface area (Å²) in [6.45, 7) is 6.35. The van der Waals surface area contributed by atoms with Crippen molar-refractivity contribution >= 4 is 5.91 Å². The molecule has 6 nitrogen and oxygen atoms in total. The summed E-state index contributed by atoms with van der Waals surface area (Å²) >= 11 is 0. The van der Waals surface area contributed by atoms with Crippen LogP contribution in [0.5, 0.6) is 5.75 Å². The monoisotopic (exact) mass is 411 g/mol. The van der Waals surface area contributed by atoms with Crippen LogP contribution < -0.4 is 10.1 Å². The minimum Gasteiger partial charge on any atom is -0.497 e. The lowest BCUT2D eigenvalue weighted by atomic mass is 9.98. The van der Waals surface area contributed by atoms with Crippen molar-refractivity contribution in [3.05, 3.63) is 65.7 Å². The number of benzene rings is 2. The molecule has 0 spiro atoms. The first kappa shape index (κ1) is 22.3. The highest BCUT2D eigenvalue weighted by Crippen LogP contribution is 2.25. The summed E-state index contributed by atoms with van der Waals surface area (Å²) in [5.41, 5.74) is 2.37. The van der Waals surface area contributed by atoms with E-state index in [1.54, 1.807) is 7.11 Å². The molecule has 0 unspecified atom stereocenters. The molecular weight excluding hydrogens is 378 g/mol. The van der Waals surface area contributed by atoms with Crippen LogP contribution in [0.2, 0.25) is 0 Å². The highest BCUT2D eigenvalue weighted by Gasteiger charge is 2.28. The van der Waals surface area contributed by atoms with Gasteiger partial charge in [-0.15, -0.1) is 0 Å². The first-order valence-corrected chi connectivity index (χ1v) is 10.5. The zero-order valence-corrected chi connectivity index (χ0v) is 18.2. The van der Waals surface area contributed by atoms with Crippen LogP contribution in [0.3, 0.4) is 0 Å². The number of nitrogens with one attached hydrogen (secondary N) is 1. The van der Waals surface area contributed by atoms with E-state index in [1.807, 2.05) is 42.3 Å². The molecule has 1 aliphatic rings. The van der Waals surface area contributed by atoms with Gasteiger partial charge >= 0.3 is 0 Å². The zero-order valence-electron chi connectivity index (χ0n) is 18.2. The van der Waals surface area contributed by atoms with E-state index in [9.17, 15) is 4.79 Å². The number of amides is 1. The van der Waals surface area contributed by atoms with Gasteiger partial charge in [0, 0.05) is 25.7 Å². The molecule has 0 aliphatic carbocycles. The molecule has 2 aromatic carbocycles. The van der Waals surface area contributed by atoms with Gasteiger partial charge in [0.1, 0.15) is 5.75 Å². The van der Waals surface area contributed by atoms with E-state index in [4.69, 9.17) is 9.47 Å². The molecule has 0 radical (unpaired) electrons. The molecule has 1 saturated heterocycles. The molecule has 2 atom stereocenters. The fraction of sp³-hybridized carbons (Fsp3) is 0.458. The minimum absolute atomic E-state index is 0.00705. The van der Waals surface area contributed by atoms with Crippen LogP contribution in [0, 0.1) is 0 Å². The van der Waals surface area contributed by atoms with Gasteiger partial charge in [-0.25, -0.2) is 0 Å². The Labute approximate surface area is 179 Å². The normalized spacial score (nSPS) is 16.8. The lowest BCUT2D eigenvalue weighted by Crippen LogP contribution is -2.49. The lowest BCUT2D eigenvalue weighted by molar-refractivity contribution is -0.123. The highest BCUT2D eigenvalue weighted by atomic mass is 16.5. The summed E-state index contributed by atoms with van der Waals surface area (Å²) in [6, 6.07) is 18.5. The molecule has 0 bridgehead atoms. The molecule has 1 amide bonds. The topological polar surface area (TPSA) is 54.0 Å². The minimum atomic E-state index is -0.00705. The van der Waals surface area contributed by atoms with Crippen molar-refractivity contribution in [2.24, 2.45) is 0 Å². The molecule has 162 valence electrons. The number of methoxy groups -OCH3 is 1. The average molecular weight is 412 g/mol. The maximum atomic E-state index is 12.8. The predicted octanol–water partition coefficient (Wildman–Crippen LogP) is 2.71. The highest BCUT2D eigenvalue weighted by molar-refractivity contribution is 5.78. The summed E-state index contributed by atoms with van der Waals surface area (Å²) in [4.78, 5) is 17.2. The predicted molar refractivity (Wildman–Crippen MR) is 119 cm³/mol. The second-order valence-electron chi connectivity index (χ2n) is 7.88. The largest absolute Gasteiger partial charge is 0.497 e. The molecule has 0 aromatic heterocycles. The number of hydrogen-bond acceptors (Lipinski definition) is 5. The molecule has 1 N–H and O–H groups in total. The van der Waals surface area contributed by atoms with E-state index < -0.39 is 0 Å². The van der Waals surface area contributed by atoms with Crippen LogP contribution in [0.15, 0.2) is 54.6 Å². The molecule has 30 heavy (non-hydrogen) atoms. The zero-order chi connectivity index (χ0) is 21.3. The van der Waals surface area contributed by atoms with Crippen LogP contribution in [0.25, 0.3) is 0 Å². The summed E-state index contributed by atoms with van der Waals surface area (Å²) in [5, 5.41) is 3.23. The Hall–Kier alpha value is -2.41. The fourth-order valence-electron chi connectivity index (χ4n) is 4.04. The van der Waals surface area contributed by atoms with Crippen molar-refractivity contribution in [1.82, 2.24) is 15.1 Å². The van der Waals surface area contributed by atoms with E-state index in [1.165, 1.54) is 5.56 Å². The van der Waals surface area contributed by atoms with Crippen molar-refractivity contribution in [2.75, 3.05) is 47.0 Å². The smallest absolute Gasteiger partial charge is 0.234 e. The Morgan fingerprint density at radius 3 is 2.43 bits per heavy atom. The second-order valence-corrected chi connectivity index (χ2v) is 7.88. The number of rotatable bonds is 9. The first-order chi connectivity index (χ1) is 14.6. The summed E-state index contributed by atoms with van der Waals surface area (Å²) in [6.07, 6.45) is 0. The van der Waals surface area contributed by atoms with Crippen LogP contribution in [0.4, 0.5) is 0 Å². The number of hydrogen-bond donors (Lipinski definition) is 1. The van der Waals surface area contributed by atoms with Crippen molar-refractivity contribution in [2.45, 2.75) is 25.6 Å². The quantitative estimate of drug-likeness (QED) is 0.688. The van der Waals surface area contributed by atoms with Gasteiger partial charge in [0.25, 0.3) is 0 Å². The molecule has 1 heterocycles. The van der Waals surface area contributed by atoms with Crippen LogP contribution in [-0.4, -0.2) is 68.8 Å². The number of carbonyl (C=O) groups is 1. The van der Waals surface area contributed by atoms with E-state index >= 15 is 0 Å². The van der Waals surface area contributed by atoms with Crippen molar-refractivity contribution in [3.8, 4) is 5.75 Å². The fourth-order valence-corrected chi connectivity index (χ4v) is 4.04. The first-order valence-electron chi connectivity index (χ1n) is 10.5. The Bertz CT molecular complexity index is 776. The molecule has 3 rings (SSSR count). The molecule has 0 saturated carbocycles. The molecule has 6 heteroatoms. The van der Waals surface area contributed by atoms with E-state index in [0.29, 0.717) is 13.1 Å². The third-order valence-electron chi connectivity index (χ3n) is 5.47. The lowest BCUT2D eigenvalue weighted by Gasteiger charge is -2.38. The van der Waals surface area contributed by atoms with Crippen LogP contribution >= 0.6 is 0 Å². The van der Waals surface area contributed by atoms with Crippen molar-refractivity contribution in [3.63, 3.8) is 0 Å². The van der Waals surface area contributed by atoms with Crippen LogP contribution in [-0.2, 0) is 16.1 Å². The third kappa shape index (κ3) is 6.29. The summed E-state index contributed by atoms with van der Waals surface area (Å²) in [5.74, 6) is 0.871. The van der Waals surface area contributed by atoms with Gasteiger partial charge in [0.05, 0.1) is 32.9 Å².